The highest BCUT2D eigenvalue weighted by Gasteiger charge is 2.53. The van der Waals surface area contributed by atoms with Crippen molar-refractivity contribution in [3.8, 4) is 0 Å². The summed E-state index contributed by atoms with van der Waals surface area (Å²) in [6.07, 6.45) is 4.30. The minimum absolute atomic E-state index is 0.0224. The summed E-state index contributed by atoms with van der Waals surface area (Å²) in [6.45, 7) is 6.56. The molecular weight excluding hydrogens is 260 g/mol. The number of nitrogens with zero attached hydrogens (tertiary/aromatic N) is 1. The van der Waals surface area contributed by atoms with Crippen molar-refractivity contribution in [1.29, 1.82) is 0 Å². The Morgan fingerprint density at radius 1 is 1.14 bits per heavy atom. The third-order valence-corrected chi connectivity index (χ3v) is 5.31. The average molecular weight is 286 g/mol. The van der Waals surface area contributed by atoms with E-state index in [1.54, 1.807) is 0 Å². The average Bonchev–Trinajstić information content (AvgIpc) is 3.07. The second-order valence-electron chi connectivity index (χ2n) is 6.94. The van der Waals surface area contributed by atoms with Gasteiger partial charge in [-0.25, -0.2) is 0 Å². The standard InChI is InChI=1S/C18H26N2O/c1-13(2)14(3)20-16(15-9-5-4-6-10-15)19-18(17(20)21)11-7-8-12-18/h4-6,9-10,13-14,16,19H,7-8,11-12H2,1-3H3. The van der Waals surface area contributed by atoms with Crippen LogP contribution in [0.25, 0.3) is 0 Å². The molecule has 21 heavy (non-hydrogen) atoms. The maximum absolute atomic E-state index is 13.1. The maximum Gasteiger partial charge on any atom is 0.244 e. The number of amides is 1. The minimum Gasteiger partial charge on any atom is -0.318 e. The molecule has 1 saturated heterocycles. The maximum atomic E-state index is 13.1. The molecular formula is C18H26N2O. The molecule has 2 aliphatic rings. The first kappa shape index (κ1) is 14.6. The van der Waals surface area contributed by atoms with Crippen LogP contribution in [-0.2, 0) is 4.79 Å². The fraction of sp³-hybridized carbons (Fsp3) is 0.611. The molecule has 1 aromatic carbocycles. The molecule has 1 heterocycles. The van der Waals surface area contributed by atoms with Crippen molar-refractivity contribution in [3.63, 3.8) is 0 Å². The van der Waals surface area contributed by atoms with Crippen molar-refractivity contribution < 1.29 is 4.79 Å². The van der Waals surface area contributed by atoms with Crippen molar-refractivity contribution in [1.82, 2.24) is 10.2 Å². The van der Waals surface area contributed by atoms with Crippen LogP contribution in [0.15, 0.2) is 30.3 Å². The number of carbonyl (C=O) groups excluding carboxylic acids is 1. The molecule has 0 bridgehead atoms. The molecule has 0 aromatic heterocycles. The summed E-state index contributed by atoms with van der Waals surface area (Å²) in [6, 6.07) is 10.6. The van der Waals surface area contributed by atoms with Crippen LogP contribution >= 0.6 is 0 Å². The number of rotatable bonds is 3. The molecule has 2 unspecified atom stereocenters. The van der Waals surface area contributed by atoms with Gasteiger partial charge in [0.1, 0.15) is 6.17 Å². The van der Waals surface area contributed by atoms with Crippen molar-refractivity contribution in [2.24, 2.45) is 5.92 Å². The van der Waals surface area contributed by atoms with Gasteiger partial charge in [0.2, 0.25) is 5.91 Å². The van der Waals surface area contributed by atoms with Crippen LogP contribution in [0.2, 0.25) is 0 Å². The lowest BCUT2D eigenvalue weighted by Gasteiger charge is -2.33. The summed E-state index contributed by atoms with van der Waals surface area (Å²) in [4.78, 5) is 15.2. The predicted octanol–water partition coefficient (Wildman–Crippen LogP) is 3.47. The fourth-order valence-electron chi connectivity index (χ4n) is 3.71. The number of hydrogen-bond acceptors (Lipinski definition) is 2. The number of carbonyl (C=O) groups is 1. The summed E-state index contributed by atoms with van der Waals surface area (Å²) < 4.78 is 0. The highest BCUT2D eigenvalue weighted by atomic mass is 16.2. The zero-order valence-electron chi connectivity index (χ0n) is 13.3. The third-order valence-electron chi connectivity index (χ3n) is 5.31. The smallest absolute Gasteiger partial charge is 0.244 e. The van der Waals surface area contributed by atoms with Crippen molar-refractivity contribution in [2.45, 2.75) is 64.2 Å². The second-order valence-corrected chi connectivity index (χ2v) is 6.94. The lowest BCUT2D eigenvalue weighted by atomic mass is 9.96. The van der Waals surface area contributed by atoms with Crippen LogP contribution in [0.5, 0.6) is 0 Å². The molecule has 1 N–H and O–H groups in total. The van der Waals surface area contributed by atoms with Gasteiger partial charge in [0.25, 0.3) is 0 Å². The van der Waals surface area contributed by atoms with E-state index in [1.165, 1.54) is 5.56 Å². The zero-order chi connectivity index (χ0) is 15.0. The van der Waals surface area contributed by atoms with Gasteiger partial charge in [-0.2, -0.15) is 0 Å². The van der Waals surface area contributed by atoms with Crippen LogP contribution in [0.3, 0.4) is 0 Å². The quantitative estimate of drug-likeness (QED) is 0.922. The van der Waals surface area contributed by atoms with Gasteiger partial charge in [-0.05, 0) is 31.2 Å². The summed E-state index contributed by atoms with van der Waals surface area (Å²) in [7, 11) is 0. The Bertz CT molecular complexity index is 505. The first-order valence-corrected chi connectivity index (χ1v) is 8.20. The molecule has 3 nitrogen and oxygen atoms in total. The van der Waals surface area contributed by atoms with E-state index in [1.807, 2.05) is 6.07 Å². The minimum atomic E-state index is -0.302. The van der Waals surface area contributed by atoms with E-state index in [2.05, 4.69) is 55.3 Å². The number of benzene rings is 1. The molecule has 1 aliphatic heterocycles. The Morgan fingerprint density at radius 3 is 2.33 bits per heavy atom. The van der Waals surface area contributed by atoms with Gasteiger partial charge >= 0.3 is 0 Å². The molecule has 1 aromatic rings. The molecule has 3 heteroatoms. The Balaban J connectivity index is 1.98. The largest absolute Gasteiger partial charge is 0.318 e. The Kier molecular flexibility index (Phi) is 3.78. The van der Waals surface area contributed by atoms with Crippen LogP contribution in [0.4, 0.5) is 0 Å². The van der Waals surface area contributed by atoms with Crippen molar-refractivity contribution in [3.05, 3.63) is 35.9 Å². The van der Waals surface area contributed by atoms with Gasteiger partial charge in [-0.3, -0.25) is 10.1 Å². The Hall–Kier alpha value is -1.35. The molecule has 1 saturated carbocycles. The van der Waals surface area contributed by atoms with Gasteiger partial charge in [0.05, 0.1) is 5.54 Å². The number of hydrogen-bond donors (Lipinski definition) is 1. The van der Waals surface area contributed by atoms with Crippen LogP contribution in [-0.4, -0.2) is 22.4 Å². The Morgan fingerprint density at radius 2 is 1.76 bits per heavy atom. The molecule has 0 radical (unpaired) electrons. The topological polar surface area (TPSA) is 32.3 Å². The van der Waals surface area contributed by atoms with Gasteiger partial charge in [0.15, 0.2) is 0 Å². The SMILES string of the molecule is CC(C)C(C)N1C(=O)C2(CCCC2)NC1c1ccccc1. The van der Waals surface area contributed by atoms with Gasteiger partial charge in [-0.1, -0.05) is 57.0 Å². The van der Waals surface area contributed by atoms with E-state index in [-0.39, 0.29) is 17.7 Å². The first-order valence-electron chi connectivity index (χ1n) is 8.20. The van der Waals surface area contributed by atoms with Crippen LogP contribution < -0.4 is 5.32 Å². The molecule has 1 amide bonds. The Labute approximate surface area is 127 Å². The van der Waals surface area contributed by atoms with Gasteiger partial charge in [0, 0.05) is 6.04 Å². The molecule has 1 aliphatic carbocycles. The lowest BCUT2D eigenvalue weighted by Crippen LogP contribution is -2.46. The number of nitrogens with one attached hydrogen (secondary N) is 1. The predicted molar refractivity (Wildman–Crippen MR) is 84.7 cm³/mol. The summed E-state index contributed by atoms with van der Waals surface area (Å²) in [5.74, 6) is 0.772. The molecule has 1 spiro atoms. The monoisotopic (exact) mass is 286 g/mol. The van der Waals surface area contributed by atoms with Gasteiger partial charge in [-0.15, -0.1) is 0 Å². The summed E-state index contributed by atoms with van der Waals surface area (Å²) in [5, 5.41) is 3.69. The highest BCUT2D eigenvalue weighted by molar-refractivity contribution is 5.89. The third kappa shape index (κ3) is 2.38. The molecule has 2 fully saturated rings. The fourth-order valence-corrected chi connectivity index (χ4v) is 3.71. The zero-order valence-corrected chi connectivity index (χ0v) is 13.3. The van der Waals surface area contributed by atoms with Crippen molar-refractivity contribution in [2.75, 3.05) is 0 Å². The van der Waals surface area contributed by atoms with Crippen LogP contribution in [0, 0.1) is 5.92 Å². The van der Waals surface area contributed by atoms with E-state index >= 15 is 0 Å². The molecule has 114 valence electrons. The van der Waals surface area contributed by atoms with Crippen molar-refractivity contribution >= 4 is 5.91 Å². The first-order chi connectivity index (χ1) is 10.1. The normalized spacial score (nSPS) is 26.0. The summed E-state index contributed by atoms with van der Waals surface area (Å²) in [5.41, 5.74) is 0.894. The van der Waals surface area contributed by atoms with Crippen LogP contribution in [0.1, 0.15) is 58.2 Å². The second kappa shape index (κ2) is 5.45. The van der Waals surface area contributed by atoms with E-state index in [4.69, 9.17) is 0 Å². The highest BCUT2D eigenvalue weighted by Crippen LogP contribution is 2.42. The summed E-state index contributed by atoms with van der Waals surface area (Å²) >= 11 is 0. The molecule has 3 rings (SSSR count). The van der Waals surface area contributed by atoms with E-state index in [0.29, 0.717) is 11.8 Å². The van der Waals surface area contributed by atoms with E-state index in [9.17, 15) is 4.79 Å². The van der Waals surface area contributed by atoms with E-state index in [0.717, 1.165) is 25.7 Å². The lowest BCUT2D eigenvalue weighted by molar-refractivity contribution is -0.136. The van der Waals surface area contributed by atoms with E-state index < -0.39 is 0 Å². The molecule has 2 atom stereocenters. The van der Waals surface area contributed by atoms with Gasteiger partial charge < -0.3 is 4.90 Å².